The van der Waals surface area contributed by atoms with Crippen molar-refractivity contribution in [2.75, 3.05) is 11.9 Å². The van der Waals surface area contributed by atoms with Gasteiger partial charge in [-0.15, -0.1) is 0 Å². The first-order valence-corrected chi connectivity index (χ1v) is 7.66. The highest BCUT2D eigenvalue weighted by molar-refractivity contribution is 9.10. The number of anilines is 1. The molecule has 2 amide bonds. The standard InChI is InChI=1S/C16H11BrF4N2O2/c17-13-5-4-11(7-12(13)16(19,20)21)23-14(24)8-22-15(25)9-2-1-3-10(18)6-9/h1-7H,8H2,(H,22,25)(H,23,24). The van der Waals surface area contributed by atoms with E-state index in [2.05, 4.69) is 26.6 Å². The van der Waals surface area contributed by atoms with E-state index in [9.17, 15) is 27.2 Å². The number of nitrogens with one attached hydrogen (secondary N) is 2. The van der Waals surface area contributed by atoms with Crippen LogP contribution in [0.4, 0.5) is 23.2 Å². The summed E-state index contributed by atoms with van der Waals surface area (Å²) in [6.45, 7) is -0.479. The molecule has 2 aromatic carbocycles. The molecule has 0 unspecified atom stereocenters. The maximum atomic E-state index is 13.0. The van der Waals surface area contributed by atoms with E-state index >= 15 is 0 Å². The topological polar surface area (TPSA) is 58.2 Å². The van der Waals surface area contributed by atoms with Crippen molar-refractivity contribution < 1.29 is 27.2 Å². The largest absolute Gasteiger partial charge is 0.417 e. The molecule has 0 aliphatic carbocycles. The summed E-state index contributed by atoms with van der Waals surface area (Å²) >= 11 is 2.79. The second kappa shape index (κ2) is 7.64. The van der Waals surface area contributed by atoms with Gasteiger partial charge in [0.2, 0.25) is 5.91 Å². The van der Waals surface area contributed by atoms with Crippen LogP contribution in [-0.4, -0.2) is 18.4 Å². The van der Waals surface area contributed by atoms with Gasteiger partial charge in [-0.1, -0.05) is 22.0 Å². The second-order valence-corrected chi connectivity index (χ2v) is 5.79. The fourth-order valence-corrected chi connectivity index (χ4v) is 2.39. The number of benzene rings is 2. The van der Waals surface area contributed by atoms with Gasteiger partial charge in [0.15, 0.2) is 0 Å². The van der Waals surface area contributed by atoms with E-state index in [0.717, 1.165) is 24.3 Å². The number of rotatable bonds is 4. The van der Waals surface area contributed by atoms with Gasteiger partial charge in [0, 0.05) is 15.7 Å². The molecule has 0 radical (unpaired) electrons. The van der Waals surface area contributed by atoms with E-state index in [-0.39, 0.29) is 15.7 Å². The Morgan fingerprint density at radius 2 is 1.80 bits per heavy atom. The number of halogens is 5. The summed E-state index contributed by atoms with van der Waals surface area (Å²) in [5.41, 5.74) is -0.981. The summed E-state index contributed by atoms with van der Waals surface area (Å²) in [5, 5.41) is 4.50. The van der Waals surface area contributed by atoms with E-state index in [1.807, 2.05) is 0 Å². The lowest BCUT2D eigenvalue weighted by Crippen LogP contribution is -2.32. The zero-order chi connectivity index (χ0) is 18.6. The smallest absolute Gasteiger partial charge is 0.343 e. The molecule has 4 nitrogen and oxygen atoms in total. The van der Waals surface area contributed by atoms with Crippen LogP contribution in [0.1, 0.15) is 15.9 Å². The third-order valence-electron chi connectivity index (χ3n) is 3.05. The Bertz CT molecular complexity index is 809. The fourth-order valence-electron chi connectivity index (χ4n) is 1.92. The van der Waals surface area contributed by atoms with Gasteiger partial charge in [-0.05, 0) is 36.4 Å². The van der Waals surface area contributed by atoms with Crippen molar-refractivity contribution in [3.05, 3.63) is 63.9 Å². The van der Waals surface area contributed by atoms with Gasteiger partial charge in [0.05, 0.1) is 12.1 Å². The number of carbonyl (C=O) groups excluding carboxylic acids is 2. The van der Waals surface area contributed by atoms with Crippen LogP contribution in [-0.2, 0) is 11.0 Å². The summed E-state index contributed by atoms with van der Waals surface area (Å²) < 4.78 is 51.3. The first-order chi connectivity index (χ1) is 11.7. The Morgan fingerprint density at radius 1 is 1.08 bits per heavy atom. The predicted molar refractivity (Wildman–Crippen MR) is 86.5 cm³/mol. The van der Waals surface area contributed by atoms with E-state index in [1.54, 1.807) is 0 Å². The van der Waals surface area contributed by atoms with Crippen molar-refractivity contribution in [3.8, 4) is 0 Å². The normalized spacial score (nSPS) is 11.1. The molecule has 25 heavy (non-hydrogen) atoms. The quantitative estimate of drug-likeness (QED) is 0.737. The highest BCUT2D eigenvalue weighted by Crippen LogP contribution is 2.36. The molecular weight excluding hydrogens is 408 g/mol. The Kier molecular flexibility index (Phi) is 5.78. The number of alkyl halides is 3. The van der Waals surface area contributed by atoms with Crippen molar-refractivity contribution in [3.63, 3.8) is 0 Å². The monoisotopic (exact) mass is 418 g/mol. The maximum Gasteiger partial charge on any atom is 0.417 e. The molecule has 0 saturated carbocycles. The lowest BCUT2D eigenvalue weighted by Gasteiger charge is -2.12. The summed E-state index contributed by atoms with van der Waals surface area (Å²) in [7, 11) is 0. The highest BCUT2D eigenvalue weighted by Gasteiger charge is 2.33. The molecule has 132 valence electrons. The van der Waals surface area contributed by atoms with Gasteiger partial charge in [-0.3, -0.25) is 9.59 Å². The molecule has 9 heteroatoms. The van der Waals surface area contributed by atoms with Crippen LogP contribution in [0.5, 0.6) is 0 Å². The number of amides is 2. The minimum atomic E-state index is -4.58. The molecule has 0 aromatic heterocycles. The third kappa shape index (κ3) is 5.28. The van der Waals surface area contributed by atoms with Crippen LogP contribution in [0.15, 0.2) is 46.9 Å². The lowest BCUT2D eigenvalue weighted by molar-refractivity contribution is -0.138. The second-order valence-electron chi connectivity index (χ2n) is 4.93. The van der Waals surface area contributed by atoms with Crippen molar-refractivity contribution in [2.24, 2.45) is 0 Å². The summed E-state index contributed by atoms with van der Waals surface area (Å²) in [5.74, 6) is -2.01. The highest BCUT2D eigenvalue weighted by atomic mass is 79.9. The Morgan fingerprint density at radius 3 is 2.44 bits per heavy atom. The van der Waals surface area contributed by atoms with Gasteiger partial charge in [-0.2, -0.15) is 13.2 Å². The first-order valence-electron chi connectivity index (χ1n) is 6.87. The van der Waals surface area contributed by atoms with Gasteiger partial charge in [0.25, 0.3) is 5.91 Å². The Labute approximate surface area is 148 Å². The van der Waals surface area contributed by atoms with Crippen LogP contribution in [0.3, 0.4) is 0 Å². The number of hydrogen-bond acceptors (Lipinski definition) is 2. The fraction of sp³-hybridized carbons (Fsp3) is 0.125. The molecule has 0 aliphatic heterocycles. The zero-order valence-electron chi connectivity index (χ0n) is 12.5. The lowest BCUT2D eigenvalue weighted by atomic mass is 10.2. The average molecular weight is 419 g/mol. The van der Waals surface area contributed by atoms with Crippen molar-refractivity contribution >= 4 is 33.4 Å². The van der Waals surface area contributed by atoms with Crippen LogP contribution >= 0.6 is 15.9 Å². The predicted octanol–water partition coefficient (Wildman–Crippen LogP) is 3.98. The molecule has 0 spiro atoms. The van der Waals surface area contributed by atoms with E-state index in [1.165, 1.54) is 18.2 Å². The molecule has 0 aliphatic rings. The summed E-state index contributed by atoms with van der Waals surface area (Å²) in [6.07, 6.45) is -4.58. The molecule has 2 N–H and O–H groups in total. The molecule has 2 rings (SSSR count). The van der Waals surface area contributed by atoms with E-state index in [0.29, 0.717) is 0 Å². The molecule has 0 atom stereocenters. The molecule has 0 fully saturated rings. The number of carbonyl (C=O) groups is 2. The van der Waals surface area contributed by atoms with Gasteiger partial charge >= 0.3 is 6.18 Å². The van der Waals surface area contributed by atoms with Crippen LogP contribution in [0, 0.1) is 5.82 Å². The summed E-state index contributed by atoms with van der Waals surface area (Å²) in [4.78, 5) is 23.5. The molecule has 2 aromatic rings. The van der Waals surface area contributed by atoms with E-state index < -0.39 is 35.9 Å². The van der Waals surface area contributed by atoms with Crippen molar-refractivity contribution in [2.45, 2.75) is 6.18 Å². The first kappa shape index (κ1) is 18.9. The molecule has 0 bridgehead atoms. The van der Waals surface area contributed by atoms with Gasteiger partial charge < -0.3 is 10.6 Å². The van der Waals surface area contributed by atoms with Crippen molar-refractivity contribution in [1.29, 1.82) is 0 Å². The summed E-state index contributed by atoms with van der Waals surface area (Å²) in [6, 6.07) is 8.07. The minimum absolute atomic E-state index is 0.0239. The van der Waals surface area contributed by atoms with Crippen LogP contribution in [0.2, 0.25) is 0 Å². The molecule has 0 saturated heterocycles. The number of hydrogen-bond donors (Lipinski definition) is 2. The zero-order valence-corrected chi connectivity index (χ0v) is 14.0. The third-order valence-corrected chi connectivity index (χ3v) is 3.74. The van der Waals surface area contributed by atoms with Gasteiger partial charge in [0.1, 0.15) is 5.82 Å². The average Bonchev–Trinajstić information content (AvgIpc) is 2.53. The van der Waals surface area contributed by atoms with Crippen LogP contribution < -0.4 is 10.6 Å². The van der Waals surface area contributed by atoms with Crippen molar-refractivity contribution in [1.82, 2.24) is 5.32 Å². The Balaban J connectivity index is 1.98. The molecule has 0 heterocycles. The maximum absolute atomic E-state index is 13.0. The van der Waals surface area contributed by atoms with Gasteiger partial charge in [-0.25, -0.2) is 4.39 Å². The Hall–Kier alpha value is -2.42. The van der Waals surface area contributed by atoms with E-state index in [4.69, 9.17) is 0 Å². The molecular formula is C16H11BrF4N2O2. The minimum Gasteiger partial charge on any atom is -0.343 e. The SMILES string of the molecule is O=C(CNC(=O)c1cccc(F)c1)Nc1ccc(Br)c(C(F)(F)F)c1. The van der Waals surface area contributed by atoms with Crippen LogP contribution in [0.25, 0.3) is 0 Å².